The van der Waals surface area contributed by atoms with Gasteiger partial charge in [0, 0.05) is 6.54 Å². The predicted molar refractivity (Wildman–Crippen MR) is 35.3 cm³/mol. The molecule has 1 aromatic rings. The van der Waals surface area contributed by atoms with Crippen molar-refractivity contribution >= 4 is 0 Å². The number of nitrogens with zero attached hydrogens (tertiary/aromatic N) is 4. The molecule has 11 heavy (non-hydrogen) atoms. The zero-order valence-electron chi connectivity index (χ0n) is 5.87. The highest BCUT2D eigenvalue weighted by Crippen LogP contribution is 1.93. The van der Waals surface area contributed by atoms with Gasteiger partial charge < -0.3 is 0 Å². The molecule has 1 heterocycles. The number of hydrogen-bond acceptors (Lipinski definition) is 3. The van der Waals surface area contributed by atoms with Crippen LogP contribution in [0, 0.1) is 11.3 Å². The molecular weight excluding hydrogens is 147 g/mol. The average molecular weight is 154 g/mol. The van der Waals surface area contributed by atoms with Crippen LogP contribution in [0.15, 0.2) is 6.33 Å². The molecule has 0 bridgehead atoms. The molecule has 0 aliphatic heterocycles. The van der Waals surface area contributed by atoms with Crippen LogP contribution < -0.4 is 0 Å². The van der Waals surface area contributed by atoms with Gasteiger partial charge in [0.25, 0.3) is 0 Å². The molecule has 5 heteroatoms. The van der Waals surface area contributed by atoms with Crippen molar-refractivity contribution in [3.63, 3.8) is 0 Å². The lowest BCUT2D eigenvalue weighted by Crippen LogP contribution is -2.03. The number of aromatic nitrogens is 3. The largest absolute Gasteiger partial charge is 0.251 e. The first-order chi connectivity index (χ1) is 5.38. The summed E-state index contributed by atoms with van der Waals surface area (Å²) in [5, 5.41) is 12.2. The molecule has 0 aromatic carbocycles. The molecule has 0 saturated heterocycles. The van der Waals surface area contributed by atoms with E-state index in [1.807, 2.05) is 6.07 Å². The highest BCUT2D eigenvalue weighted by molar-refractivity contribution is 5.07. The summed E-state index contributed by atoms with van der Waals surface area (Å²) >= 11 is 0. The predicted octanol–water partition coefficient (Wildman–Crippen LogP) is 0.509. The SMILES string of the molecule is N#Cc1ncnn1CCCF. The summed E-state index contributed by atoms with van der Waals surface area (Å²) in [5.41, 5.74) is 0. The molecule has 1 aromatic heterocycles. The standard InChI is InChI=1S/C6H7FN4/c7-2-1-3-11-6(4-8)9-5-10-11/h5H,1-3H2. The number of rotatable bonds is 3. The molecule has 0 fully saturated rings. The Morgan fingerprint density at radius 2 is 2.55 bits per heavy atom. The van der Waals surface area contributed by atoms with Gasteiger partial charge in [0.05, 0.1) is 6.67 Å². The van der Waals surface area contributed by atoms with Gasteiger partial charge in [-0.2, -0.15) is 10.4 Å². The fraction of sp³-hybridized carbons (Fsp3) is 0.500. The van der Waals surface area contributed by atoms with E-state index in [1.165, 1.54) is 11.0 Å². The second-order valence-corrected chi connectivity index (χ2v) is 1.96. The maximum Gasteiger partial charge on any atom is 0.230 e. The Morgan fingerprint density at radius 3 is 3.18 bits per heavy atom. The van der Waals surface area contributed by atoms with Gasteiger partial charge in [0.1, 0.15) is 12.4 Å². The Morgan fingerprint density at radius 1 is 1.73 bits per heavy atom. The molecule has 0 spiro atoms. The Bertz CT molecular complexity index is 262. The lowest BCUT2D eigenvalue weighted by Gasteiger charge is -1.96. The molecule has 4 nitrogen and oxygen atoms in total. The Hall–Kier alpha value is -1.44. The third kappa shape index (κ3) is 1.74. The quantitative estimate of drug-likeness (QED) is 0.637. The van der Waals surface area contributed by atoms with Crippen LogP contribution in [0.1, 0.15) is 12.2 Å². The molecule has 0 aliphatic rings. The van der Waals surface area contributed by atoms with Crippen LogP contribution in [0.2, 0.25) is 0 Å². The van der Waals surface area contributed by atoms with Crippen molar-refractivity contribution in [2.45, 2.75) is 13.0 Å². The molecule has 0 radical (unpaired) electrons. The van der Waals surface area contributed by atoms with Gasteiger partial charge in [-0.1, -0.05) is 0 Å². The molecule has 0 N–H and O–H groups in total. The van der Waals surface area contributed by atoms with Crippen LogP contribution in [0.5, 0.6) is 0 Å². The van der Waals surface area contributed by atoms with Crippen LogP contribution in [0.25, 0.3) is 0 Å². The van der Waals surface area contributed by atoms with Crippen molar-refractivity contribution in [2.24, 2.45) is 0 Å². The van der Waals surface area contributed by atoms with Crippen LogP contribution >= 0.6 is 0 Å². The van der Waals surface area contributed by atoms with Crippen LogP contribution in [0.3, 0.4) is 0 Å². The minimum Gasteiger partial charge on any atom is -0.251 e. The smallest absolute Gasteiger partial charge is 0.230 e. The minimum absolute atomic E-state index is 0.235. The summed E-state index contributed by atoms with van der Waals surface area (Å²) in [6.07, 6.45) is 1.66. The summed E-state index contributed by atoms with van der Waals surface area (Å²) in [6, 6.07) is 1.85. The number of hydrogen-bond donors (Lipinski definition) is 0. The third-order valence-electron chi connectivity index (χ3n) is 1.22. The van der Waals surface area contributed by atoms with E-state index in [-0.39, 0.29) is 5.82 Å². The number of alkyl halides is 1. The van der Waals surface area contributed by atoms with Crippen molar-refractivity contribution in [1.29, 1.82) is 5.26 Å². The Labute approximate surface area is 63.3 Å². The van der Waals surface area contributed by atoms with Gasteiger partial charge in [0.15, 0.2) is 0 Å². The molecule has 0 atom stereocenters. The van der Waals surface area contributed by atoms with Crippen LogP contribution in [-0.4, -0.2) is 21.4 Å². The van der Waals surface area contributed by atoms with E-state index in [9.17, 15) is 4.39 Å². The summed E-state index contributed by atoms with van der Waals surface area (Å²) in [4.78, 5) is 3.66. The molecule has 0 unspecified atom stereocenters. The number of nitriles is 1. The van der Waals surface area contributed by atoms with Gasteiger partial charge in [-0.05, 0) is 6.42 Å². The molecule has 0 saturated carbocycles. The molecule has 1 rings (SSSR count). The first-order valence-corrected chi connectivity index (χ1v) is 3.22. The first-order valence-electron chi connectivity index (χ1n) is 3.22. The zero-order chi connectivity index (χ0) is 8.10. The summed E-state index contributed by atoms with van der Waals surface area (Å²) in [7, 11) is 0. The van der Waals surface area contributed by atoms with Crippen molar-refractivity contribution in [2.75, 3.05) is 6.67 Å². The van der Waals surface area contributed by atoms with E-state index in [1.54, 1.807) is 0 Å². The number of halogens is 1. The Kier molecular flexibility index (Phi) is 2.55. The monoisotopic (exact) mass is 154 g/mol. The van der Waals surface area contributed by atoms with Gasteiger partial charge in [-0.3, -0.25) is 4.39 Å². The van der Waals surface area contributed by atoms with E-state index in [2.05, 4.69) is 10.1 Å². The van der Waals surface area contributed by atoms with E-state index in [0.29, 0.717) is 13.0 Å². The maximum atomic E-state index is 11.7. The zero-order valence-corrected chi connectivity index (χ0v) is 5.87. The van der Waals surface area contributed by atoms with Gasteiger partial charge in [-0.15, -0.1) is 0 Å². The van der Waals surface area contributed by atoms with Gasteiger partial charge in [0.2, 0.25) is 5.82 Å². The van der Waals surface area contributed by atoms with E-state index in [4.69, 9.17) is 5.26 Å². The lowest BCUT2D eigenvalue weighted by molar-refractivity contribution is 0.433. The van der Waals surface area contributed by atoms with Crippen molar-refractivity contribution in [3.8, 4) is 6.07 Å². The fourth-order valence-corrected chi connectivity index (χ4v) is 0.724. The summed E-state index contributed by atoms with van der Waals surface area (Å²) < 4.78 is 13.1. The van der Waals surface area contributed by atoms with Crippen molar-refractivity contribution in [3.05, 3.63) is 12.2 Å². The summed E-state index contributed by atoms with van der Waals surface area (Å²) in [5.74, 6) is 0.235. The van der Waals surface area contributed by atoms with Crippen LogP contribution in [-0.2, 0) is 6.54 Å². The number of aryl methyl sites for hydroxylation is 1. The van der Waals surface area contributed by atoms with Crippen molar-refractivity contribution < 1.29 is 4.39 Å². The topological polar surface area (TPSA) is 54.5 Å². The second kappa shape index (κ2) is 3.66. The van der Waals surface area contributed by atoms with E-state index >= 15 is 0 Å². The normalized spacial score (nSPS) is 9.45. The average Bonchev–Trinajstić information content (AvgIpc) is 2.47. The van der Waals surface area contributed by atoms with Crippen molar-refractivity contribution in [1.82, 2.24) is 14.8 Å². The van der Waals surface area contributed by atoms with Gasteiger partial charge in [-0.25, -0.2) is 9.67 Å². The fourth-order valence-electron chi connectivity index (χ4n) is 0.724. The Balaban J connectivity index is 2.63. The third-order valence-corrected chi connectivity index (χ3v) is 1.22. The second-order valence-electron chi connectivity index (χ2n) is 1.96. The van der Waals surface area contributed by atoms with Crippen LogP contribution in [0.4, 0.5) is 4.39 Å². The lowest BCUT2D eigenvalue weighted by atomic mass is 10.4. The maximum absolute atomic E-state index is 11.7. The molecule has 58 valence electrons. The highest BCUT2D eigenvalue weighted by Gasteiger charge is 2.00. The molecule has 0 aliphatic carbocycles. The highest BCUT2D eigenvalue weighted by atomic mass is 19.1. The molecule has 0 amide bonds. The summed E-state index contributed by atoms with van der Waals surface area (Å²) in [6.45, 7) is 0.0180. The minimum atomic E-state index is -0.398. The van der Waals surface area contributed by atoms with E-state index in [0.717, 1.165) is 0 Å². The first kappa shape index (κ1) is 7.66. The molecular formula is C6H7FN4. The van der Waals surface area contributed by atoms with E-state index < -0.39 is 6.67 Å². The van der Waals surface area contributed by atoms with Gasteiger partial charge >= 0.3 is 0 Å².